The predicted octanol–water partition coefficient (Wildman–Crippen LogP) is 3.48. The molecular formula is C14H12BrN3OS. The van der Waals surface area contributed by atoms with Crippen LogP contribution in [0, 0.1) is 6.92 Å². The number of aliphatic hydroxyl groups is 1. The van der Waals surface area contributed by atoms with Gasteiger partial charge >= 0.3 is 0 Å². The Bertz CT molecular complexity index is 704. The second-order valence-electron chi connectivity index (χ2n) is 4.36. The maximum Gasteiger partial charge on any atom is 0.132 e. The van der Waals surface area contributed by atoms with Gasteiger partial charge in [-0.3, -0.25) is 0 Å². The first kappa shape index (κ1) is 13.5. The molecule has 1 unspecified atom stereocenters. The van der Waals surface area contributed by atoms with E-state index in [1.807, 2.05) is 43.3 Å². The fourth-order valence-electron chi connectivity index (χ4n) is 1.96. The first-order valence-corrected chi connectivity index (χ1v) is 7.67. The molecule has 3 aromatic rings. The molecule has 0 aliphatic rings. The Hall–Kier alpha value is -1.50. The molecule has 0 aliphatic carbocycles. The number of aryl methyl sites for hydroxylation is 1. The lowest BCUT2D eigenvalue weighted by Crippen LogP contribution is -2.07. The third-order valence-corrected chi connectivity index (χ3v) is 5.19. The van der Waals surface area contributed by atoms with Crippen LogP contribution < -0.4 is 0 Å². The van der Waals surface area contributed by atoms with E-state index in [-0.39, 0.29) is 0 Å². The third kappa shape index (κ3) is 2.42. The molecule has 1 N–H and O–H groups in total. The molecular weight excluding hydrogens is 338 g/mol. The minimum absolute atomic E-state index is 0.657. The lowest BCUT2D eigenvalue weighted by Gasteiger charge is -2.10. The van der Waals surface area contributed by atoms with E-state index in [1.165, 1.54) is 0 Å². The summed E-state index contributed by atoms with van der Waals surface area (Å²) in [6, 6.07) is 11.6. The van der Waals surface area contributed by atoms with Crippen molar-refractivity contribution in [3.8, 4) is 5.69 Å². The van der Waals surface area contributed by atoms with Gasteiger partial charge in [0.1, 0.15) is 6.10 Å². The molecule has 0 bridgehead atoms. The van der Waals surface area contributed by atoms with E-state index >= 15 is 0 Å². The van der Waals surface area contributed by atoms with Crippen molar-refractivity contribution in [3.63, 3.8) is 0 Å². The number of nitrogens with zero attached hydrogens (tertiary/aromatic N) is 3. The molecule has 0 saturated heterocycles. The lowest BCUT2D eigenvalue weighted by molar-refractivity contribution is 0.215. The van der Waals surface area contributed by atoms with Crippen molar-refractivity contribution < 1.29 is 5.11 Å². The van der Waals surface area contributed by atoms with E-state index in [4.69, 9.17) is 0 Å². The van der Waals surface area contributed by atoms with Gasteiger partial charge in [0.2, 0.25) is 0 Å². The Balaban J connectivity index is 2.01. The average Bonchev–Trinajstić information content (AvgIpc) is 3.07. The van der Waals surface area contributed by atoms with Crippen LogP contribution in [0.1, 0.15) is 21.6 Å². The Morgan fingerprint density at radius 1 is 1.30 bits per heavy atom. The number of hydrogen-bond donors (Lipinski definition) is 1. The fraction of sp³-hybridized carbons (Fsp3) is 0.143. The summed E-state index contributed by atoms with van der Waals surface area (Å²) in [7, 11) is 0. The number of hydrogen-bond acceptors (Lipinski definition) is 4. The van der Waals surface area contributed by atoms with Crippen LogP contribution in [0.3, 0.4) is 0 Å². The smallest absolute Gasteiger partial charge is 0.132 e. The highest BCUT2D eigenvalue weighted by Crippen LogP contribution is 2.33. The van der Waals surface area contributed by atoms with Gasteiger partial charge in [-0.15, -0.1) is 16.4 Å². The average molecular weight is 350 g/mol. The minimum atomic E-state index is -0.736. The highest BCUT2D eigenvalue weighted by molar-refractivity contribution is 9.10. The first-order valence-electron chi connectivity index (χ1n) is 6.06. The van der Waals surface area contributed by atoms with Gasteiger partial charge in [-0.05, 0) is 41.1 Å². The molecule has 1 atom stereocenters. The molecule has 4 nitrogen and oxygen atoms in total. The molecule has 102 valence electrons. The van der Waals surface area contributed by atoms with Crippen molar-refractivity contribution in [2.45, 2.75) is 13.0 Å². The highest BCUT2D eigenvalue weighted by atomic mass is 79.9. The number of para-hydroxylation sites is 1. The first-order chi connectivity index (χ1) is 9.66. The van der Waals surface area contributed by atoms with E-state index in [0.29, 0.717) is 5.69 Å². The van der Waals surface area contributed by atoms with Crippen LogP contribution in [0.4, 0.5) is 0 Å². The quantitative estimate of drug-likeness (QED) is 0.787. The number of aromatic nitrogens is 3. The SMILES string of the molecule is Cc1sc(C(O)c2cnnn2-c2ccccc2)cc1Br. The standard InChI is InChI=1S/C14H12BrN3OS/c1-9-11(15)7-13(20-9)14(19)12-8-16-17-18(12)10-5-3-2-4-6-10/h2-8,14,19H,1H3. The topological polar surface area (TPSA) is 50.9 Å². The zero-order chi connectivity index (χ0) is 14.1. The summed E-state index contributed by atoms with van der Waals surface area (Å²) in [6.07, 6.45) is 0.862. The van der Waals surface area contributed by atoms with Gasteiger partial charge in [-0.1, -0.05) is 23.4 Å². The van der Waals surface area contributed by atoms with Gasteiger partial charge in [-0.2, -0.15) is 0 Å². The summed E-state index contributed by atoms with van der Waals surface area (Å²) >= 11 is 5.03. The monoisotopic (exact) mass is 349 g/mol. The summed E-state index contributed by atoms with van der Waals surface area (Å²) in [5, 5.41) is 18.5. The third-order valence-electron chi connectivity index (χ3n) is 3.00. The number of thiophene rings is 1. The molecule has 0 saturated carbocycles. The van der Waals surface area contributed by atoms with Crippen molar-refractivity contribution in [2.75, 3.05) is 0 Å². The molecule has 2 aromatic heterocycles. The molecule has 0 aliphatic heterocycles. The minimum Gasteiger partial charge on any atom is -0.381 e. The molecule has 0 amide bonds. The number of benzene rings is 1. The zero-order valence-corrected chi connectivity index (χ0v) is 13.1. The van der Waals surface area contributed by atoms with Gasteiger partial charge in [0.25, 0.3) is 0 Å². The number of aliphatic hydroxyl groups excluding tert-OH is 1. The summed E-state index contributed by atoms with van der Waals surface area (Å²) in [6.45, 7) is 2.01. The largest absolute Gasteiger partial charge is 0.381 e. The van der Waals surface area contributed by atoms with E-state index in [9.17, 15) is 5.11 Å². The fourth-order valence-corrected chi connectivity index (χ4v) is 3.52. The van der Waals surface area contributed by atoms with Crippen molar-refractivity contribution in [1.29, 1.82) is 0 Å². The van der Waals surface area contributed by atoms with E-state index < -0.39 is 6.10 Å². The Morgan fingerprint density at radius 3 is 2.70 bits per heavy atom. The highest BCUT2D eigenvalue weighted by Gasteiger charge is 2.20. The normalized spacial score (nSPS) is 12.6. The number of halogens is 1. The van der Waals surface area contributed by atoms with Crippen LogP contribution in [0.2, 0.25) is 0 Å². The maximum absolute atomic E-state index is 10.5. The van der Waals surface area contributed by atoms with Crippen molar-refractivity contribution in [1.82, 2.24) is 15.0 Å². The predicted molar refractivity (Wildman–Crippen MR) is 82.2 cm³/mol. The molecule has 3 rings (SSSR count). The van der Waals surface area contributed by atoms with Crippen LogP contribution >= 0.6 is 27.3 Å². The van der Waals surface area contributed by atoms with Crippen LogP contribution in [0.5, 0.6) is 0 Å². The van der Waals surface area contributed by atoms with Crippen molar-refractivity contribution in [3.05, 3.63) is 62.5 Å². The van der Waals surface area contributed by atoms with Crippen LogP contribution in [0.25, 0.3) is 5.69 Å². The molecule has 0 fully saturated rings. The van der Waals surface area contributed by atoms with E-state index in [0.717, 1.165) is 19.9 Å². The van der Waals surface area contributed by atoms with Gasteiger partial charge in [-0.25, -0.2) is 4.68 Å². The van der Waals surface area contributed by atoms with E-state index in [2.05, 4.69) is 26.2 Å². The number of rotatable bonds is 3. The second kappa shape index (κ2) is 5.47. The summed E-state index contributed by atoms with van der Waals surface area (Å²) in [5.74, 6) is 0. The molecule has 0 spiro atoms. The van der Waals surface area contributed by atoms with Crippen LogP contribution in [-0.2, 0) is 0 Å². The van der Waals surface area contributed by atoms with Gasteiger partial charge in [0.05, 0.1) is 17.6 Å². The zero-order valence-electron chi connectivity index (χ0n) is 10.7. The lowest BCUT2D eigenvalue weighted by atomic mass is 10.2. The molecule has 2 heterocycles. The second-order valence-corrected chi connectivity index (χ2v) is 6.50. The Morgan fingerprint density at radius 2 is 2.05 bits per heavy atom. The van der Waals surface area contributed by atoms with Crippen LogP contribution in [0.15, 0.2) is 47.1 Å². The molecule has 1 aromatic carbocycles. The van der Waals surface area contributed by atoms with Gasteiger partial charge in [0.15, 0.2) is 0 Å². The summed E-state index contributed by atoms with van der Waals surface area (Å²) in [4.78, 5) is 2.01. The maximum atomic E-state index is 10.5. The van der Waals surface area contributed by atoms with Gasteiger partial charge < -0.3 is 5.11 Å². The molecule has 0 radical (unpaired) electrons. The van der Waals surface area contributed by atoms with Crippen molar-refractivity contribution >= 4 is 27.3 Å². The Labute approximate surface area is 128 Å². The van der Waals surface area contributed by atoms with Crippen LogP contribution in [-0.4, -0.2) is 20.1 Å². The molecule has 6 heteroatoms. The molecule has 20 heavy (non-hydrogen) atoms. The van der Waals surface area contributed by atoms with Crippen molar-refractivity contribution in [2.24, 2.45) is 0 Å². The van der Waals surface area contributed by atoms with E-state index in [1.54, 1.807) is 22.2 Å². The summed E-state index contributed by atoms with van der Waals surface area (Å²) < 4.78 is 2.67. The summed E-state index contributed by atoms with van der Waals surface area (Å²) in [5.41, 5.74) is 1.54. The Kier molecular flexibility index (Phi) is 3.69. The van der Waals surface area contributed by atoms with Gasteiger partial charge in [0, 0.05) is 14.2 Å².